The lowest BCUT2D eigenvalue weighted by Crippen LogP contribution is -2.66. The Balaban J connectivity index is 2.23. The topological polar surface area (TPSA) is 49.4 Å². The summed E-state index contributed by atoms with van der Waals surface area (Å²) in [6, 6.07) is -0.464. The van der Waals surface area contributed by atoms with E-state index in [2.05, 4.69) is 24.4 Å². The first-order valence-electron chi connectivity index (χ1n) is 7.37. The van der Waals surface area contributed by atoms with Crippen LogP contribution in [0.3, 0.4) is 0 Å². The Bertz CT molecular complexity index is 384. The van der Waals surface area contributed by atoms with Gasteiger partial charge in [-0.25, -0.2) is 0 Å². The Labute approximate surface area is 115 Å². The Kier molecular flexibility index (Phi) is 4.27. The van der Waals surface area contributed by atoms with Crippen molar-refractivity contribution in [3.05, 3.63) is 12.2 Å². The fraction of sp³-hybridized carbons (Fsp3) is 0.733. The number of piperazine rings is 1. The molecule has 3 unspecified atom stereocenters. The van der Waals surface area contributed by atoms with E-state index in [1.165, 1.54) is 0 Å². The third-order valence-electron chi connectivity index (χ3n) is 4.43. The molecule has 0 saturated carbocycles. The van der Waals surface area contributed by atoms with Gasteiger partial charge in [0.15, 0.2) is 0 Å². The van der Waals surface area contributed by atoms with E-state index in [4.69, 9.17) is 0 Å². The molecule has 1 saturated heterocycles. The number of rotatable bonds is 4. The summed E-state index contributed by atoms with van der Waals surface area (Å²) in [7, 11) is 0. The highest BCUT2D eigenvalue weighted by atomic mass is 16.2. The van der Waals surface area contributed by atoms with Gasteiger partial charge in [-0.2, -0.15) is 0 Å². The Morgan fingerprint density at radius 2 is 1.95 bits per heavy atom. The Morgan fingerprint density at radius 1 is 1.32 bits per heavy atom. The third kappa shape index (κ3) is 2.53. The molecule has 1 N–H and O–H groups in total. The van der Waals surface area contributed by atoms with Gasteiger partial charge >= 0.3 is 0 Å². The van der Waals surface area contributed by atoms with Crippen LogP contribution in [0.1, 0.15) is 46.5 Å². The van der Waals surface area contributed by atoms with Crippen LogP contribution in [-0.4, -0.2) is 34.8 Å². The minimum absolute atomic E-state index is 0.0132. The van der Waals surface area contributed by atoms with Crippen LogP contribution >= 0.6 is 0 Å². The highest BCUT2D eigenvalue weighted by molar-refractivity contribution is 5.97. The maximum Gasteiger partial charge on any atom is 0.246 e. The molecule has 0 radical (unpaired) electrons. The molecule has 4 nitrogen and oxygen atoms in total. The van der Waals surface area contributed by atoms with Crippen molar-refractivity contribution >= 4 is 11.8 Å². The summed E-state index contributed by atoms with van der Waals surface area (Å²) in [4.78, 5) is 26.8. The molecule has 106 valence electrons. The number of hydrogen-bond acceptors (Lipinski definition) is 2. The largest absolute Gasteiger partial charge is 0.342 e. The zero-order valence-electron chi connectivity index (χ0n) is 12.1. The molecule has 1 aliphatic heterocycles. The number of nitrogens with one attached hydrogen (secondary N) is 1. The lowest BCUT2D eigenvalue weighted by molar-refractivity contribution is -0.153. The molecule has 1 aliphatic carbocycles. The maximum absolute atomic E-state index is 12.7. The van der Waals surface area contributed by atoms with E-state index in [1.54, 1.807) is 0 Å². The second-order valence-corrected chi connectivity index (χ2v) is 5.64. The summed E-state index contributed by atoms with van der Waals surface area (Å²) in [6.07, 6.45) is 7.54. The SMILES string of the molecule is CCC(C)C1NC(=O)C(CC)N(C2CC=CC2)C1=O. The summed E-state index contributed by atoms with van der Waals surface area (Å²) < 4.78 is 0. The van der Waals surface area contributed by atoms with Gasteiger partial charge in [0, 0.05) is 6.04 Å². The molecule has 19 heavy (non-hydrogen) atoms. The summed E-state index contributed by atoms with van der Waals surface area (Å²) >= 11 is 0. The van der Waals surface area contributed by atoms with Crippen molar-refractivity contribution in [2.75, 3.05) is 0 Å². The van der Waals surface area contributed by atoms with E-state index in [-0.39, 0.29) is 35.9 Å². The molecule has 4 heteroatoms. The molecule has 0 spiro atoms. The van der Waals surface area contributed by atoms with Crippen LogP contribution < -0.4 is 5.32 Å². The average Bonchev–Trinajstić information content (AvgIpc) is 2.93. The standard InChI is InChI=1S/C15H24N2O2/c1-4-10(3)13-15(19)17(11-8-6-7-9-11)12(5-2)14(18)16-13/h6-7,10-13H,4-5,8-9H2,1-3H3,(H,16,18). The van der Waals surface area contributed by atoms with E-state index < -0.39 is 0 Å². The first-order valence-corrected chi connectivity index (χ1v) is 7.37. The highest BCUT2D eigenvalue weighted by Gasteiger charge is 2.44. The van der Waals surface area contributed by atoms with Crippen LogP contribution in [0.5, 0.6) is 0 Å². The van der Waals surface area contributed by atoms with E-state index in [1.807, 2.05) is 18.7 Å². The lowest BCUT2D eigenvalue weighted by atomic mass is 9.92. The van der Waals surface area contributed by atoms with Crippen LogP contribution in [0, 0.1) is 5.92 Å². The van der Waals surface area contributed by atoms with Gasteiger partial charge in [-0.3, -0.25) is 9.59 Å². The van der Waals surface area contributed by atoms with Gasteiger partial charge in [-0.1, -0.05) is 39.3 Å². The minimum Gasteiger partial charge on any atom is -0.342 e. The predicted molar refractivity (Wildman–Crippen MR) is 74.5 cm³/mol. The molecule has 0 bridgehead atoms. The van der Waals surface area contributed by atoms with Crippen molar-refractivity contribution in [1.82, 2.24) is 10.2 Å². The molecule has 0 aromatic rings. The van der Waals surface area contributed by atoms with Crippen LogP contribution in [0.2, 0.25) is 0 Å². The molecule has 3 atom stereocenters. The molecule has 0 aromatic carbocycles. The quantitative estimate of drug-likeness (QED) is 0.788. The Morgan fingerprint density at radius 3 is 2.47 bits per heavy atom. The summed E-state index contributed by atoms with van der Waals surface area (Å²) in [5.74, 6) is 0.305. The normalized spacial score (nSPS) is 29.7. The van der Waals surface area contributed by atoms with E-state index in [0.29, 0.717) is 6.42 Å². The van der Waals surface area contributed by atoms with E-state index in [9.17, 15) is 9.59 Å². The van der Waals surface area contributed by atoms with E-state index in [0.717, 1.165) is 19.3 Å². The van der Waals surface area contributed by atoms with Gasteiger partial charge in [-0.15, -0.1) is 0 Å². The zero-order chi connectivity index (χ0) is 14.0. The van der Waals surface area contributed by atoms with Crippen molar-refractivity contribution in [3.8, 4) is 0 Å². The average molecular weight is 264 g/mol. The predicted octanol–water partition coefficient (Wildman–Crippen LogP) is 1.86. The Hall–Kier alpha value is -1.32. The zero-order valence-corrected chi connectivity index (χ0v) is 12.1. The van der Waals surface area contributed by atoms with Crippen LogP contribution in [0.4, 0.5) is 0 Å². The van der Waals surface area contributed by atoms with Crippen molar-refractivity contribution in [2.24, 2.45) is 5.92 Å². The van der Waals surface area contributed by atoms with Gasteiger partial charge in [0.25, 0.3) is 0 Å². The molecular formula is C15H24N2O2. The second-order valence-electron chi connectivity index (χ2n) is 5.64. The van der Waals surface area contributed by atoms with Gasteiger partial charge < -0.3 is 10.2 Å². The molecule has 2 rings (SSSR count). The monoisotopic (exact) mass is 264 g/mol. The fourth-order valence-electron chi connectivity index (χ4n) is 3.02. The summed E-state index contributed by atoms with van der Waals surface area (Å²) in [5.41, 5.74) is 0. The van der Waals surface area contributed by atoms with Crippen molar-refractivity contribution < 1.29 is 9.59 Å². The molecule has 1 fully saturated rings. The number of amides is 2. The second kappa shape index (κ2) is 5.76. The van der Waals surface area contributed by atoms with E-state index >= 15 is 0 Å². The highest BCUT2D eigenvalue weighted by Crippen LogP contribution is 2.26. The van der Waals surface area contributed by atoms with Crippen molar-refractivity contribution in [1.29, 1.82) is 0 Å². The number of nitrogens with zero attached hydrogens (tertiary/aromatic N) is 1. The lowest BCUT2D eigenvalue weighted by Gasteiger charge is -2.43. The fourth-order valence-corrected chi connectivity index (χ4v) is 3.02. The summed E-state index contributed by atoms with van der Waals surface area (Å²) in [5, 5.41) is 2.92. The van der Waals surface area contributed by atoms with Gasteiger partial charge in [0.2, 0.25) is 11.8 Å². The van der Waals surface area contributed by atoms with Crippen LogP contribution in [0.15, 0.2) is 12.2 Å². The number of carbonyl (C=O) groups excluding carboxylic acids is 2. The summed E-state index contributed by atoms with van der Waals surface area (Å²) in [6.45, 7) is 6.05. The third-order valence-corrected chi connectivity index (χ3v) is 4.43. The molecule has 2 amide bonds. The van der Waals surface area contributed by atoms with Crippen LogP contribution in [-0.2, 0) is 9.59 Å². The molecular weight excluding hydrogens is 240 g/mol. The smallest absolute Gasteiger partial charge is 0.246 e. The van der Waals surface area contributed by atoms with Gasteiger partial charge in [0.1, 0.15) is 12.1 Å². The number of hydrogen-bond donors (Lipinski definition) is 1. The van der Waals surface area contributed by atoms with Crippen LogP contribution in [0.25, 0.3) is 0 Å². The minimum atomic E-state index is -0.346. The molecule has 0 aromatic heterocycles. The van der Waals surface area contributed by atoms with Crippen molar-refractivity contribution in [3.63, 3.8) is 0 Å². The number of carbonyl (C=O) groups is 2. The van der Waals surface area contributed by atoms with Gasteiger partial charge in [-0.05, 0) is 25.2 Å². The first-order chi connectivity index (χ1) is 9.10. The maximum atomic E-state index is 12.7. The van der Waals surface area contributed by atoms with Gasteiger partial charge in [0.05, 0.1) is 0 Å². The first kappa shape index (κ1) is 14.1. The molecule has 2 aliphatic rings. The molecule has 1 heterocycles. The van der Waals surface area contributed by atoms with Crippen molar-refractivity contribution in [2.45, 2.75) is 64.6 Å².